The fourth-order valence-electron chi connectivity index (χ4n) is 3.27. The number of aryl methyl sites for hydroxylation is 1. The first-order valence-electron chi connectivity index (χ1n) is 7.66. The van der Waals surface area contributed by atoms with E-state index >= 15 is 0 Å². The van der Waals surface area contributed by atoms with Gasteiger partial charge in [-0.25, -0.2) is 0 Å². The van der Waals surface area contributed by atoms with Crippen molar-refractivity contribution >= 4 is 11.6 Å². The first-order valence-corrected chi connectivity index (χ1v) is 7.66. The molecule has 110 valence electrons. The Morgan fingerprint density at radius 1 is 1.30 bits per heavy atom. The molecule has 1 aromatic carbocycles. The van der Waals surface area contributed by atoms with Crippen LogP contribution in [0, 0.1) is 18.8 Å². The highest BCUT2D eigenvalue weighted by Crippen LogP contribution is 2.30. The van der Waals surface area contributed by atoms with Crippen LogP contribution < -0.4 is 11.1 Å². The molecule has 1 aliphatic rings. The average molecular weight is 274 g/mol. The summed E-state index contributed by atoms with van der Waals surface area (Å²) in [6.45, 7) is 6.47. The highest BCUT2D eigenvalue weighted by Gasteiger charge is 2.29. The van der Waals surface area contributed by atoms with Gasteiger partial charge >= 0.3 is 0 Å². The third-order valence-electron chi connectivity index (χ3n) is 4.44. The maximum absolute atomic E-state index is 12.4. The van der Waals surface area contributed by atoms with Gasteiger partial charge in [0.2, 0.25) is 0 Å². The topological polar surface area (TPSA) is 55.1 Å². The lowest BCUT2D eigenvalue weighted by Gasteiger charge is -2.35. The number of hydrogen-bond donors (Lipinski definition) is 2. The van der Waals surface area contributed by atoms with Gasteiger partial charge < -0.3 is 11.1 Å². The number of carbonyl (C=O) groups excluding carboxylic acids is 1. The molecular formula is C17H26N2O. The number of benzene rings is 1. The van der Waals surface area contributed by atoms with Crippen molar-refractivity contribution in [2.24, 2.45) is 11.8 Å². The molecule has 2 rings (SSSR count). The molecule has 1 saturated carbocycles. The van der Waals surface area contributed by atoms with E-state index in [0.717, 1.165) is 12.0 Å². The van der Waals surface area contributed by atoms with Crippen LogP contribution in [-0.2, 0) is 0 Å². The Kier molecular flexibility index (Phi) is 4.69. The van der Waals surface area contributed by atoms with E-state index in [2.05, 4.69) is 19.2 Å². The quantitative estimate of drug-likeness (QED) is 0.829. The number of nitrogens with one attached hydrogen (secondary N) is 1. The molecular weight excluding hydrogens is 248 g/mol. The minimum Gasteiger partial charge on any atom is -0.398 e. The molecule has 0 saturated heterocycles. The maximum Gasteiger partial charge on any atom is 0.253 e. The molecule has 0 aromatic heterocycles. The Labute approximate surface area is 121 Å². The van der Waals surface area contributed by atoms with Gasteiger partial charge in [-0.3, -0.25) is 4.79 Å². The summed E-state index contributed by atoms with van der Waals surface area (Å²) in [5.41, 5.74) is 8.21. The maximum atomic E-state index is 12.4. The molecule has 3 nitrogen and oxygen atoms in total. The average Bonchev–Trinajstić information content (AvgIpc) is 2.38. The zero-order chi connectivity index (χ0) is 14.7. The number of anilines is 1. The highest BCUT2D eigenvalue weighted by molar-refractivity contribution is 5.99. The van der Waals surface area contributed by atoms with Crippen LogP contribution in [0.3, 0.4) is 0 Å². The van der Waals surface area contributed by atoms with Crippen LogP contribution in [0.1, 0.15) is 55.5 Å². The standard InChI is InChI=1S/C17H26N2O/c1-11(2)13-6-4-5-7-16(13)19-17(20)14-9-8-12(3)10-15(14)18/h8-11,13,16H,4-7,18H2,1-3H3,(H,19,20). The van der Waals surface area contributed by atoms with Gasteiger partial charge in [0, 0.05) is 11.7 Å². The van der Waals surface area contributed by atoms with Gasteiger partial charge in [0.1, 0.15) is 0 Å². The minimum absolute atomic E-state index is 0.0277. The normalized spacial score (nSPS) is 22.8. The number of amides is 1. The van der Waals surface area contributed by atoms with E-state index < -0.39 is 0 Å². The molecule has 3 heteroatoms. The molecule has 0 spiro atoms. The van der Waals surface area contributed by atoms with Crippen LogP contribution in [0.2, 0.25) is 0 Å². The monoisotopic (exact) mass is 274 g/mol. The summed E-state index contributed by atoms with van der Waals surface area (Å²) in [5, 5.41) is 3.21. The summed E-state index contributed by atoms with van der Waals surface area (Å²) in [5.74, 6) is 1.16. The van der Waals surface area contributed by atoms with Gasteiger partial charge in [0.05, 0.1) is 5.56 Å². The molecule has 1 aromatic rings. The third-order valence-corrected chi connectivity index (χ3v) is 4.44. The fourth-order valence-corrected chi connectivity index (χ4v) is 3.27. The lowest BCUT2D eigenvalue weighted by atomic mass is 9.78. The zero-order valence-corrected chi connectivity index (χ0v) is 12.8. The SMILES string of the molecule is Cc1ccc(C(=O)NC2CCCCC2C(C)C)c(N)c1. The first-order chi connectivity index (χ1) is 9.49. The molecule has 0 radical (unpaired) electrons. The molecule has 0 aliphatic heterocycles. The van der Waals surface area contributed by atoms with Crippen molar-refractivity contribution in [3.63, 3.8) is 0 Å². The summed E-state index contributed by atoms with van der Waals surface area (Å²) < 4.78 is 0. The van der Waals surface area contributed by atoms with E-state index in [1.54, 1.807) is 0 Å². The Balaban J connectivity index is 2.09. The fraction of sp³-hybridized carbons (Fsp3) is 0.588. The number of nitrogen functional groups attached to an aromatic ring is 1. The van der Waals surface area contributed by atoms with Crippen molar-refractivity contribution in [2.75, 3.05) is 5.73 Å². The van der Waals surface area contributed by atoms with Crippen LogP contribution in [0.4, 0.5) is 5.69 Å². The Morgan fingerprint density at radius 3 is 2.65 bits per heavy atom. The third kappa shape index (κ3) is 3.33. The van der Waals surface area contributed by atoms with Crippen molar-refractivity contribution in [3.8, 4) is 0 Å². The smallest absolute Gasteiger partial charge is 0.253 e. The van der Waals surface area contributed by atoms with Gasteiger partial charge in [-0.2, -0.15) is 0 Å². The molecule has 3 N–H and O–H groups in total. The van der Waals surface area contributed by atoms with Gasteiger partial charge in [-0.1, -0.05) is 32.8 Å². The molecule has 2 unspecified atom stereocenters. The largest absolute Gasteiger partial charge is 0.398 e. The van der Waals surface area contributed by atoms with Crippen molar-refractivity contribution < 1.29 is 4.79 Å². The highest BCUT2D eigenvalue weighted by atomic mass is 16.1. The van der Waals surface area contributed by atoms with E-state index in [0.29, 0.717) is 23.1 Å². The molecule has 1 aliphatic carbocycles. The van der Waals surface area contributed by atoms with E-state index in [1.807, 2.05) is 25.1 Å². The van der Waals surface area contributed by atoms with Crippen molar-refractivity contribution in [2.45, 2.75) is 52.5 Å². The second-order valence-corrected chi connectivity index (χ2v) is 6.36. The van der Waals surface area contributed by atoms with Crippen LogP contribution in [0.25, 0.3) is 0 Å². The zero-order valence-electron chi connectivity index (χ0n) is 12.8. The Hall–Kier alpha value is -1.51. The van der Waals surface area contributed by atoms with Gasteiger partial charge in [0.25, 0.3) is 5.91 Å². The molecule has 2 atom stereocenters. The second kappa shape index (κ2) is 6.29. The van der Waals surface area contributed by atoms with Gasteiger partial charge in [-0.15, -0.1) is 0 Å². The predicted octanol–water partition coefficient (Wildman–Crippen LogP) is 3.52. The lowest BCUT2D eigenvalue weighted by Crippen LogP contribution is -2.44. The Bertz CT molecular complexity index is 482. The van der Waals surface area contributed by atoms with Crippen LogP contribution in [0.5, 0.6) is 0 Å². The summed E-state index contributed by atoms with van der Waals surface area (Å²) >= 11 is 0. The molecule has 0 heterocycles. The first kappa shape index (κ1) is 14.9. The molecule has 1 fully saturated rings. The molecule has 0 bridgehead atoms. The molecule has 20 heavy (non-hydrogen) atoms. The predicted molar refractivity (Wildman–Crippen MR) is 83.6 cm³/mol. The summed E-state index contributed by atoms with van der Waals surface area (Å²) in [7, 11) is 0. The van der Waals surface area contributed by atoms with Crippen LogP contribution in [-0.4, -0.2) is 11.9 Å². The minimum atomic E-state index is -0.0277. The Morgan fingerprint density at radius 2 is 2.00 bits per heavy atom. The van der Waals surface area contributed by atoms with E-state index in [-0.39, 0.29) is 11.9 Å². The lowest BCUT2D eigenvalue weighted by molar-refractivity contribution is 0.0890. The van der Waals surface area contributed by atoms with Gasteiger partial charge in [0.15, 0.2) is 0 Å². The number of hydrogen-bond acceptors (Lipinski definition) is 2. The van der Waals surface area contributed by atoms with E-state index in [1.165, 1.54) is 19.3 Å². The van der Waals surface area contributed by atoms with Crippen LogP contribution >= 0.6 is 0 Å². The van der Waals surface area contributed by atoms with Crippen molar-refractivity contribution in [3.05, 3.63) is 29.3 Å². The summed E-state index contributed by atoms with van der Waals surface area (Å²) in [6, 6.07) is 5.91. The van der Waals surface area contributed by atoms with Crippen molar-refractivity contribution in [1.29, 1.82) is 0 Å². The van der Waals surface area contributed by atoms with Crippen molar-refractivity contribution in [1.82, 2.24) is 5.32 Å². The summed E-state index contributed by atoms with van der Waals surface area (Å²) in [4.78, 5) is 12.4. The van der Waals surface area contributed by atoms with Crippen LogP contribution in [0.15, 0.2) is 18.2 Å². The molecule has 1 amide bonds. The number of nitrogens with two attached hydrogens (primary N) is 1. The number of rotatable bonds is 3. The number of carbonyl (C=O) groups is 1. The second-order valence-electron chi connectivity index (χ2n) is 6.36. The van der Waals surface area contributed by atoms with E-state index in [4.69, 9.17) is 5.73 Å². The summed E-state index contributed by atoms with van der Waals surface area (Å²) in [6.07, 6.45) is 4.78. The van der Waals surface area contributed by atoms with Gasteiger partial charge in [-0.05, 0) is 49.3 Å². The van der Waals surface area contributed by atoms with E-state index in [9.17, 15) is 4.79 Å².